The van der Waals surface area contributed by atoms with Crippen molar-refractivity contribution < 1.29 is 13.9 Å². The van der Waals surface area contributed by atoms with E-state index in [1.54, 1.807) is 12.1 Å². The summed E-state index contributed by atoms with van der Waals surface area (Å²) in [6.07, 6.45) is 1.50. The molecule has 0 spiro atoms. The number of carbonyl (C=O) groups excluding carboxylic acids is 1. The monoisotopic (exact) mass is 381 g/mol. The molecule has 5 nitrogen and oxygen atoms in total. The first-order valence-corrected chi connectivity index (χ1v) is 9.77. The maximum atomic E-state index is 13.7. The summed E-state index contributed by atoms with van der Waals surface area (Å²) in [5.41, 5.74) is 2.83. The molecule has 146 valence electrons. The number of fused-ring (bicyclic) bond motifs is 1. The Labute approximate surface area is 163 Å². The van der Waals surface area contributed by atoms with Crippen LogP contribution in [0.4, 0.5) is 10.3 Å². The van der Waals surface area contributed by atoms with E-state index in [-0.39, 0.29) is 17.7 Å². The highest BCUT2D eigenvalue weighted by Crippen LogP contribution is 2.28. The summed E-state index contributed by atoms with van der Waals surface area (Å²) in [5, 5.41) is 0. The van der Waals surface area contributed by atoms with Crippen LogP contribution in [0.25, 0.3) is 11.0 Å². The molecule has 0 bridgehead atoms. The van der Waals surface area contributed by atoms with E-state index in [0.717, 1.165) is 48.5 Å². The molecular weight excluding hydrogens is 357 g/mol. The van der Waals surface area contributed by atoms with Crippen LogP contribution >= 0.6 is 0 Å². The van der Waals surface area contributed by atoms with Gasteiger partial charge in [0.1, 0.15) is 5.82 Å². The number of hydrogen-bond acceptors (Lipinski definition) is 4. The fraction of sp³-hybridized carbons (Fsp3) is 0.364. The third kappa shape index (κ3) is 3.72. The van der Waals surface area contributed by atoms with Crippen LogP contribution in [0.1, 0.15) is 25.3 Å². The Balaban J connectivity index is 1.61. The van der Waals surface area contributed by atoms with E-state index in [1.807, 2.05) is 37.3 Å². The lowest BCUT2D eigenvalue weighted by atomic mass is 9.97. The number of rotatable bonds is 5. The number of esters is 1. The smallest absolute Gasteiger partial charge is 0.309 e. The topological polar surface area (TPSA) is 47.4 Å². The molecule has 0 aliphatic carbocycles. The summed E-state index contributed by atoms with van der Waals surface area (Å²) in [6, 6.07) is 14.7. The zero-order chi connectivity index (χ0) is 19.5. The van der Waals surface area contributed by atoms with Crippen LogP contribution < -0.4 is 4.90 Å². The molecule has 2 heterocycles. The van der Waals surface area contributed by atoms with Crippen molar-refractivity contribution in [2.24, 2.45) is 5.92 Å². The van der Waals surface area contributed by atoms with Gasteiger partial charge < -0.3 is 14.2 Å². The van der Waals surface area contributed by atoms with Gasteiger partial charge in [0.05, 0.1) is 30.1 Å². The molecule has 0 unspecified atom stereocenters. The number of piperidine rings is 1. The van der Waals surface area contributed by atoms with E-state index >= 15 is 0 Å². The maximum Gasteiger partial charge on any atom is 0.309 e. The third-order valence-corrected chi connectivity index (χ3v) is 5.26. The van der Waals surface area contributed by atoms with Gasteiger partial charge in [-0.1, -0.05) is 24.3 Å². The number of para-hydroxylation sites is 2. The first-order chi connectivity index (χ1) is 13.7. The summed E-state index contributed by atoms with van der Waals surface area (Å²) in [6.45, 7) is 4.29. The molecular formula is C22H24FN3O2. The highest BCUT2D eigenvalue weighted by atomic mass is 19.1. The summed E-state index contributed by atoms with van der Waals surface area (Å²) >= 11 is 0. The maximum absolute atomic E-state index is 13.7. The number of aromatic nitrogens is 2. The lowest BCUT2D eigenvalue weighted by Crippen LogP contribution is -2.38. The molecule has 4 rings (SSSR count). The van der Waals surface area contributed by atoms with Gasteiger partial charge in [-0.25, -0.2) is 9.37 Å². The Morgan fingerprint density at radius 3 is 2.71 bits per heavy atom. The lowest BCUT2D eigenvalue weighted by Gasteiger charge is -2.32. The standard InChI is InChI=1S/C22H24FN3O2/c1-2-28-21(27)17-10-12-25(13-11-17)22-24-19-8-3-4-9-20(19)26(22)15-16-6-5-7-18(23)14-16/h3-9,14,17H,2,10-13,15H2,1H3. The molecule has 2 aromatic carbocycles. The van der Waals surface area contributed by atoms with Gasteiger partial charge in [-0.05, 0) is 49.6 Å². The van der Waals surface area contributed by atoms with E-state index in [2.05, 4.69) is 9.47 Å². The summed E-state index contributed by atoms with van der Waals surface area (Å²) in [7, 11) is 0. The van der Waals surface area contributed by atoms with Gasteiger partial charge in [-0.2, -0.15) is 0 Å². The predicted molar refractivity (Wildman–Crippen MR) is 107 cm³/mol. The molecule has 1 fully saturated rings. The summed E-state index contributed by atoms with van der Waals surface area (Å²) in [5.74, 6) is 0.485. The van der Waals surface area contributed by atoms with E-state index in [0.29, 0.717) is 13.2 Å². The molecule has 0 radical (unpaired) electrons. The van der Waals surface area contributed by atoms with Crippen molar-refractivity contribution in [1.82, 2.24) is 9.55 Å². The van der Waals surface area contributed by atoms with Crippen molar-refractivity contribution in [2.75, 3.05) is 24.6 Å². The molecule has 1 saturated heterocycles. The first kappa shape index (κ1) is 18.5. The fourth-order valence-electron chi connectivity index (χ4n) is 3.85. The minimum absolute atomic E-state index is 0.0442. The second-order valence-electron chi connectivity index (χ2n) is 7.13. The number of nitrogens with zero attached hydrogens (tertiary/aromatic N) is 3. The summed E-state index contributed by atoms with van der Waals surface area (Å²) < 4.78 is 21.0. The number of benzene rings is 2. The molecule has 0 saturated carbocycles. The largest absolute Gasteiger partial charge is 0.466 e. The molecule has 1 aliphatic rings. The Kier molecular flexibility index (Phi) is 5.28. The van der Waals surface area contributed by atoms with Crippen LogP contribution in [0.15, 0.2) is 48.5 Å². The summed E-state index contributed by atoms with van der Waals surface area (Å²) in [4.78, 5) is 19.1. The zero-order valence-electron chi connectivity index (χ0n) is 16.0. The molecule has 3 aromatic rings. The first-order valence-electron chi connectivity index (χ1n) is 9.77. The lowest BCUT2D eigenvalue weighted by molar-refractivity contribution is -0.148. The highest BCUT2D eigenvalue weighted by molar-refractivity contribution is 5.79. The van der Waals surface area contributed by atoms with E-state index in [9.17, 15) is 9.18 Å². The van der Waals surface area contributed by atoms with Crippen LogP contribution in [0.5, 0.6) is 0 Å². The van der Waals surface area contributed by atoms with Gasteiger partial charge in [0.2, 0.25) is 5.95 Å². The molecule has 0 amide bonds. The van der Waals surface area contributed by atoms with Crippen LogP contribution in [-0.4, -0.2) is 35.2 Å². The van der Waals surface area contributed by atoms with Gasteiger partial charge in [-0.15, -0.1) is 0 Å². The van der Waals surface area contributed by atoms with Crippen molar-refractivity contribution in [3.05, 3.63) is 59.9 Å². The van der Waals surface area contributed by atoms with E-state index in [4.69, 9.17) is 9.72 Å². The Morgan fingerprint density at radius 1 is 1.18 bits per heavy atom. The number of halogens is 1. The molecule has 1 aliphatic heterocycles. The fourth-order valence-corrected chi connectivity index (χ4v) is 3.85. The number of ether oxygens (including phenoxy) is 1. The van der Waals surface area contributed by atoms with Crippen LogP contribution in [0.2, 0.25) is 0 Å². The normalized spacial score (nSPS) is 15.1. The Morgan fingerprint density at radius 2 is 1.96 bits per heavy atom. The predicted octanol–water partition coefficient (Wildman–Crippen LogP) is 4.00. The van der Waals surface area contributed by atoms with Gasteiger partial charge in [-0.3, -0.25) is 4.79 Å². The van der Waals surface area contributed by atoms with Crippen molar-refractivity contribution in [2.45, 2.75) is 26.3 Å². The van der Waals surface area contributed by atoms with Crippen molar-refractivity contribution in [1.29, 1.82) is 0 Å². The second kappa shape index (κ2) is 8.00. The minimum atomic E-state index is -0.237. The van der Waals surface area contributed by atoms with Crippen LogP contribution in [-0.2, 0) is 16.1 Å². The molecule has 28 heavy (non-hydrogen) atoms. The van der Waals surface area contributed by atoms with E-state index in [1.165, 1.54) is 6.07 Å². The average Bonchev–Trinajstić information content (AvgIpc) is 3.07. The third-order valence-electron chi connectivity index (χ3n) is 5.26. The van der Waals surface area contributed by atoms with Gasteiger partial charge in [0.15, 0.2) is 0 Å². The van der Waals surface area contributed by atoms with Crippen molar-refractivity contribution in [3.63, 3.8) is 0 Å². The highest BCUT2D eigenvalue weighted by Gasteiger charge is 2.28. The Hall–Kier alpha value is -2.89. The second-order valence-corrected chi connectivity index (χ2v) is 7.13. The average molecular weight is 381 g/mol. The Bertz CT molecular complexity index is 977. The van der Waals surface area contributed by atoms with Gasteiger partial charge >= 0.3 is 5.97 Å². The molecule has 0 atom stereocenters. The molecule has 1 aromatic heterocycles. The van der Waals surface area contributed by atoms with E-state index < -0.39 is 0 Å². The quantitative estimate of drug-likeness (QED) is 0.627. The number of anilines is 1. The van der Waals surface area contributed by atoms with Crippen LogP contribution in [0, 0.1) is 11.7 Å². The van der Waals surface area contributed by atoms with Crippen LogP contribution in [0.3, 0.4) is 0 Å². The number of imidazole rings is 1. The van der Waals surface area contributed by atoms with Gasteiger partial charge in [0, 0.05) is 13.1 Å². The van der Waals surface area contributed by atoms with Crippen molar-refractivity contribution in [3.8, 4) is 0 Å². The van der Waals surface area contributed by atoms with Crippen molar-refractivity contribution >= 4 is 23.0 Å². The zero-order valence-corrected chi connectivity index (χ0v) is 16.0. The molecule has 6 heteroatoms. The van der Waals surface area contributed by atoms with Gasteiger partial charge in [0.25, 0.3) is 0 Å². The number of carbonyl (C=O) groups is 1. The molecule has 0 N–H and O–H groups in total. The minimum Gasteiger partial charge on any atom is -0.466 e. The SMILES string of the molecule is CCOC(=O)C1CCN(c2nc3ccccc3n2Cc2cccc(F)c2)CC1. The number of hydrogen-bond donors (Lipinski definition) is 0.